The molecule has 0 aliphatic rings. The largest absolute Gasteiger partial charge is 0.456 e. The molecule has 8 rings (SSSR count). The molecule has 0 fully saturated rings. The summed E-state index contributed by atoms with van der Waals surface area (Å²) in [5.41, 5.74) is 7.36. The Hall–Kier alpha value is -5.35. The predicted molar refractivity (Wildman–Crippen MR) is 159 cm³/mol. The van der Waals surface area contributed by atoms with Crippen LogP contribution >= 0.6 is 0 Å². The van der Waals surface area contributed by atoms with Crippen LogP contribution in [0.3, 0.4) is 0 Å². The van der Waals surface area contributed by atoms with Gasteiger partial charge in [0, 0.05) is 39.2 Å². The van der Waals surface area contributed by atoms with Gasteiger partial charge in [0.1, 0.15) is 16.7 Å². The number of aromatic nitrogens is 1. The number of anilines is 3. The van der Waals surface area contributed by atoms with Gasteiger partial charge in [0.25, 0.3) is 0 Å². The van der Waals surface area contributed by atoms with Crippen LogP contribution in [0.25, 0.3) is 55.3 Å². The normalized spacial score (nSPS) is 11.6. The van der Waals surface area contributed by atoms with E-state index in [9.17, 15) is 0 Å². The Bertz CT molecular complexity index is 2050. The summed E-state index contributed by atoms with van der Waals surface area (Å²) in [6, 6.07) is 45.5. The minimum atomic E-state index is 0.591. The lowest BCUT2D eigenvalue weighted by Gasteiger charge is -2.27. The van der Waals surface area contributed by atoms with Crippen molar-refractivity contribution >= 4 is 60.9 Å². The zero-order chi connectivity index (χ0) is 25.8. The quantitative estimate of drug-likeness (QED) is 0.240. The van der Waals surface area contributed by atoms with Crippen LogP contribution in [0.5, 0.6) is 0 Å². The van der Waals surface area contributed by atoms with Crippen LogP contribution < -0.4 is 4.90 Å². The molecule has 0 unspecified atom stereocenters. The average Bonchev–Trinajstić information content (AvgIpc) is 3.60. The Morgan fingerprint density at radius 1 is 0.487 bits per heavy atom. The SMILES string of the molecule is c1ccc(N(c2ccccc2)c2cc3oc4cccc(-c5nc6ccccc6o5)c4c3c3ccccc23)cc1. The number of nitrogens with zero attached hydrogens (tertiary/aromatic N) is 2. The Kier molecular flexibility index (Phi) is 4.79. The highest BCUT2D eigenvalue weighted by Crippen LogP contribution is 2.46. The van der Waals surface area contributed by atoms with Crippen LogP contribution in [0, 0.1) is 0 Å². The molecular weight excluding hydrogens is 480 g/mol. The van der Waals surface area contributed by atoms with Crippen molar-refractivity contribution in [1.82, 2.24) is 4.98 Å². The first-order valence-corrected chi connectivity index (χ1v) is 13.0. The van der Waals surface area contributed by atoms with Crippen LogP contribution in [-0.2, 0) is 0 Å². The van der Waals surface area contributed by atoms with Crippen molar-refractivity contribution in [1.29, 1.82) is 0 Å². The Morgan fingerprint density at radius 2 is 1.13 bits per heavy atom. The lowest BCUT2D eigenvalue weighted by molar-refractivity contribution is 0.620. The Labute approximate surface area is 224 Å². The number of para-hydroxylation sites is 4. The monoisotopic (exact) mass is 502 g/mol. The molecular formula is C35H22N2O2. The van der Waals surface area contributed by atoms with Gasteiger partial charge >= 0.3 is 0 Å². The van der Waals surface area contributed by atoms with E-state index in [4.69, 9.17) is 13.8 Å². The summed E-state index contributed by atoms with van der Waals surface area (Å²) < 4.78 is 12.8. The van der Waals surface area contributed by atoms with E-state index in [-0.39, 0.29) is 0 Å². The van der Waals surface area contributed by atoms with E-state index in [0.717, 1.165) is 66.4 Å². The molecule has 2 aromatic heterocycles. The molecule has 0 spiro atoms. The third-order valence-electron chi connectivity index (χ3n) is 7.28. The van der Waals surface area contributed by atoms with Crippen LogP contribution in [0.15, 0.2) is 142 Å². The Balaban J connectivity index is 1.46. The van der Waals surface area contributed by atoms with Crippen molar-refractivity contribution in [2.24, 2.45) is 0 Å². The fourth-order valence-electron chi connectivity index (χ4n) is 5.59. The lowest BCUT2D eigenvalue weighted by Crippen LogP contribution is -2.10. The maximum Gasteiger partial charge on any atom is 0.228 e. The zero-order valence-electron chi connectivity index (χ0n) is 20.9. The summed E-state index contributed by atoms with van der Waals surface area (Å²) >= 11 is 0. The fraction of sp³-hybridized carbons (Fsp3) is 0. The highest BCUT2D eigenvalue weighted by atomic mass is 16.3. The number of fused-ring (bicyclic) bond motifs is 6. The molecule has 4 heteroatoms. The van der Waals surface area contributed by atoms with E-state index in [2.05, 4.69) is 89.8 Å². The maximum atomic E-state index is 6.56. The van der Waals surface area contributed by atoms with E-state index in [1.165, 1.54) is 0 Å². The number of hydrogen-bond donors (Lipinski definition) is 0. The average molecular weight is 503 g/mol. The third-order valence-corrected chi connectivity index (χ3v) is 7.28. The van der Waals surface area contributed by atoms with Gasteiger partial charge in [-0.25, -0.2) is 4.98 Å². The van der Waals surface area contributed by atoms with E-state index in [1.807, 2.05) is 48.5 Å². The molecule has 0 amide bonds. The molecule has 0 saturated carbocycles. The van der Waals surface area contributed by atoms with Gasteiger partial charge in [0.2, 0.25) is 5.89 Å². The second-order valence-electron chi connectivity index (χ2n) is 9.59. The van der Waals surface area contributed by atoms with Gasteiger partial charge in [-0.2, -0.15) is 0 Å². The number of benzene rings is 6. The van der Waals surface area contributed by atoms with E-state index < -0.39 is 0 Å². The molecule has 39 heavy (non-hydrogen) atoms. The van der Waals surface area contributed by atoms with Gasteiger partial charge in [0.15, 0.2) is 5.58 Å². The summed E-state index contributed by atoms with van der Waals surface area (Å²) in [5.74, 6) is 0.591. The number of oxazole rings is 1. The fourth-order valence-corrected chi connectivity index (χ4v) is 5.59. The third kappa shape index (κ3) is 3.42. The maximum absolute atomic E-state index is 6.56. The second kappa shape index (κ2) is 8.61. The highest BCUT2D eigenvalue weighted by molar-refractivity contribution is 6.25. The van der Waals surface area contributed by atoms with Crippen LogP contribution in [-0.4, -0.2) is 4.98 Å². The topological polar surface area (TPSA) is 42.4 Å². The first-order chi connectivity index (χ1) is 19.3. The van der Waals surface area contributed by atoms with Crippen molar-refractivity contribution in [2.75, 3.05) is 4.90 Å². The van der Waals surface area contributed by atoms with Crippen molar-refractivity contribution in [2.45, 2.75) is 0 Å². The molecule has 4 nitrogen and oxygen atoms in total. The summed E-state index contributed by atoms with van der Waals surface area (Å²) in [4.78, 5) is 7.10. The molecule has 2 heterocycles. The van der Waals surface area contributed by atoms with Gasteiger partial charge < -0.3 is 13.7 Å². The van der Waals surface area contributed by atoms with E-state index >= 15 is 0 Å². The van der Waals surface area contributed by atoms with Crippen LogP contribution in [0.1, 0.15) is 0 Å². The first kappa shape index (κ1) is 21.7. The standard InChI is InChI=1S/C35H22N2O2/c1-3-12-23(13-4-1)37(24-14-5-2-6-15-24)29-22-32-33(26-17-8-7-16-25(26)29)34-27(18-11-21-31(34)38-32)35-36-28-19-9-10-20-30(28)39-35/h1-22H. The van der Waals surface area contributed by atoms with E-state index in [1.54, 1.807) is 0 Å². The van der Waals surface area contributed by atoms with Crippen molar-refractivity contribution in [3.8, 4) is 11.5 Å². The van der Waals surface area contributed by atoms with Gasteiger partial charge in [-0.3, -0.25) is 0 Å². The molecule has 0 atom stereocenters. The van der Waals surface area contributed by atoms with Crippen molar-refractivity contribution < 1.29 is 8.83 Å². The molecule has 0 aliphatic heterocycles. The summed E-state index contributed by atoms with van der Waals surface area (Å²) in [6.07, 6.45) is 0. The second-order valence-corrected chi connectivity index (χ2v) is 9.59. The molecule has 0 bridgehead atoms. The number of furan rings is 1. The molecule has 0 aliphatic carbocycles. The molecule has 6 aromatic carbocycles. The van der Waals surface area contributed by atoms with Crippen LogP contribution in [0.4, 0.5) is 17.1 Å². The molecule has 0 saturated heterocycles. The van der Waals surface area contributed by atoms with Gasteiger partial charge in [-0.1, -0.05) is 78.9 Å². The molecule has 8 aromatic rings. The Morgan fingerprint density at radius 3 is 1.87 bits per heavy atom. The first-order valence-electron chi connectivity index (χ1n) is 13.0. The summed E-state index contributed by atoms with van der Waals surface area (Å²) in [6.45, 7) is 0. The molecule has 0 radical (unpaired) electrons. The van der Waals surface area contributed by atoms with Gasteiger partial charge in [-0.15, -0.1) is 0 Å². The van der Waals surface area contributed by atoms with Gasteiger partial charge in [0.05, 0.1) is 5.69 Å². The van der Waals surface area contributed by atoms with Crippen molar-refractivity contribution in [3.63, 3.8) is 0 Å². The molecule has 0 N–H and O–H groups in total. The smallest absolute Gasteiger partial charge is 0.228 e. The lowest BCUT2D eigenvalue weighted by atomic mass is 9.98. The van der Waals surface area contributed by atoms with E-state index in [0.29, 0.717) is 5.89 Å². The minimum Gasteiger partial charge on any atom is -0.456 e. The number of rotatable bonds is 4. The minimum absolute atomic E-state index is 0.591. The zero-order valence-corrected chi connectivity index (χ0v) is 20.9. The predicted octanol–water partition coefficient (Wildman–Crippen LogP) is 10.0. The van der Waals surface area contributed by atoms with Crippen molar-refractivity contribution in [3.05, 3.63) is 133 Å². The number of hydrogen-bond acceptors (Lipinski definition) is 4. The highest BCUT2D eigenvalue weighted by Gasteiger charge is 2.22. The summed E-state index contributed by atoms with van der Waals surface area (Å²) in [7, 11) is 0. The summed E-state index contributed by atoms with van der Waals surface area (Å²) in [5, 5.41) is 4.31. The van der Waals surface area contributed by atoms with Gasteiger partial charge in [-0.05, 0) is 53.9 Å². The molecule has 184 valence electrons. The van der Waals surface area contributed by atoms with Crippen LogP contribution in [0.2, 0.25) is 0 Å².